The maximum Gasteiger partial charge on any atom is 0.0944 e. The molecular weight excluding hydrogens is 411 g/mol. The SMILES string of the molecule is C/C(C#N)=C/c1cc2sc3c([nH]c4c5sc(/C=C(/C)C#N)cc5sc43)c2s1. The van der Waals surface area contributed by atoms with Crippen LogP contribution in [0, 0.1) is 22.7 Å². The van der Waals surface area contributed by atoms with Crippen molar-refractivity contribution in [2.45, 2.75) is 13.8 Å². The molecule has 27 heavy (non-hydrogen) atoms. The predicted molar refractivity (Wildman–Crippen MR) is 121 cm³/mol. The average molecular weight is 422 g/mol. The molecule has 0 unspecified atom stereocenters. The summed E-state index contributed by atoms with van der Waals surface area (Å²) in [6.45, 7) is 3.67. The van der Waals surface area contributed by atoms with Gasteiger partial charge >= 0.3 is 0 Å². The molecule has 1 N–H and O–H groups in total. The molecule has 0 bridgehead atoms. The van der Waals surface area contributed by atoms with Gasteiger partial charge in [0, 0.05) is 30.3 Å². The highest BCUT2D eigenvalue weighted by Crippen LogP contribution is 2.49. The lowest BCUT2D eigenvalue weighted by molar-refractivity contribution is 1.46. The fraction of sp³-hybridized carbons (Fsp3) is 0.100. The van der Waals surface area contributed by atoms with Gasteiger partial charge in [-0.2, -0.15) is 10.5 Å². The monoisotopic (exact) mass is 421 g/mol. The van der Waals surface area contributed by atoms with E-state index in [0.29, 0.717) is 0 Å². The van der Waals surface area contributed by atoms with Crippen molar-refractivity contribution in [2.24, 2.45) is 0 Å². The largest absolute Gasteiger partial charge is 0.351 e. The van der Waals surface area contributed by atoms with E-state index in [-0.39, 0.29) is 0 Å². The van der Waals surface area contributed by atoms with Crippen molar-refractivity contribution in [3.05, 3.63) is 33.0 Å². The molecule has 5 aromatic rings. The van der Waals surface area contributed by atoms with Gasteiger partial charge in [-0.1, -0.05) is 0 Å². The molecule has 5 aromatic heterocycles. The van der Waals surface area contributed by atoms with Crippen molar-refractivity contribution < 1.29 is 0 Å². The number of fused-ring (bicyclic) bond motifs is 7. The van der Waals surface area contributed by atoms with Crippen molar-refractivity contribution >= 4 is 96.7 Å². The lowest BCUT2D eigenvalue weighted by atomic mass is 10.3. The molecule has 0 aliphatic heterocycles. The van der Waals surface area contributed by atoms with Gasteiger partial charge in [-0.3, -0.25) is 0 Å². The molecule has 0 atom stereocenters. The maximum atomic E-state index is 9.00. The van der Waals surface area contributed by atoms with Crippen molar-refractivity contribution in [1.82, 2.24) is 4.98 Å². The normalized spacial score (nSPS) is 13.2. The zero-order valence-corrected chi connectivity index (χ0v) is 17.6. The van der Waals surface area contributed by atoms with Gasteiger partial charge in [-0.25, -0.2) is 0 Å². The number of aromatic amines is 1. The highest BCUT2D eigenvalue weighted by molar-refractivity contribution is 7.38. The van der Waals surface area contributed by atoms with E-state index in [2.05, 4.69) is 29.3 Å². The number of hydrogen-bond acceptors (Lipinski definition) is 6. The van der Waals surface area contributed by atoms with E-state index in [0.717, 1.165) is 20.9 Å². The molecule has 7 heteroatoms. The second kappa shape index (κ2) is 6.05. The number of nitrogens with zero attached hydrogens (tertiary/aromatic N) is 2. The smallest absolute Gasteiger partial charge is 0.0944 e. The Bertz CT molecular complexity index is 1400. The summed E-state index contributed by atoms with van der Waals surface area (Å²) >= 11 is 7.10. The van der Waals surface area contributed by atoms with E-state index in [4.69, 9.17) is 10.5 Å². The Morgan fingerprint density at radius 2 is 1.22 bits per heavy atom. The zero-order chi connectivity index (χ0) is 18.7. The molecule has 0 saturated heterocycles. The minimum Gasteiger partial charge on any atom is -0.351 e. The second-order valence-corrected chi connectivity index (χ2v) is 10.6. The molecule has 0 spiro atoms. The molecule has 130 valence electrons. The van der Waals surface area contributed by atoms with Crippen LogP contribution in [0.3, 0.4) is 0 Å². The van der Waals surface area contributed by atoms with E-state index >= 15 is 0 Å². The Hall–Kier alpha value is -2.42. The van der Waals surface area contributed by atoms with Gasteiger partial charge in [0.2, 0.25) is 0 Å². The number of nitrogens with one attached hydrogen (secondary N) is 1. The molecule has 0 amide bonds. The summed E-state index contributed by atoms with van der Waals surface area (Å²) in [7, 11) is 0. The Morgan fingerprint density at radius 1 is 0.778 bits per heavy atom. The van der Waals surface area contributed by atoms with E-state index in [9.17, 15) is 0 Å². The predicted octanol–water partition coefficient (Wildman–Crippen LogP) is 7.73. The molecule has 3 nitrogen and oxygen atoms in total. The Morgan fingerprint density at radius 3 is 1.63 bits per heavy atom. The first kappa shape index (κ1) is 16.7. The van der Waals surface area contributed by atoms with Gasteiger partial charge in [-0.05, 0) is 38.1 Å². The number of H-pyrrole nitrogens is 1. The van der Waals surface area contributed by atoms with E-state index in [1.807, 2.05) is 48.7 Å². The lowest BCUT2D eigenvalue weighted by Gasteiger charge is -1.84. The standard InChI is InChI=1S/C20H11N3S4/c1-9(7-21)3-11-5-13-17(24-11)15-19(26-13)20-16(23-15)18-14(27-20)6-12(25-18)4-10(2)8-22/h3-6,23H,1-2H3/b9-3-,10-4-. The van der Waals surface area contributed by atoms with Gasteiger partial charge < -0.3 is 4.98 Å². The molecule has 0 aliphatic rings. The Balaban J connectivity index is 1.71. The first-order chi connectivity index (χ1) is 13.1. The van der Waals surface area contributed by atoms with Crippen LogP contribution >= 0.6 is 45.3 Å². The summed E-state index contributed by atoms with van der Waals surface area (Å²) < 4.78 is 7.70. The highest BCUT2D eigenvalue weighted by atomic mass is 32.1. The first-order valence-corrected chi connectivity index (χ1v) is 11.4. The van der Waals surface area contributed by atoms with Crippen LogP contribution in [0.25, 0.3) is 51.4 Å². The number of aromatic nitrogens is 1. The van der Waals surface area contributed by atoms with Gasteiger partial charge in [-0.15, -0.1) is 45.3 Å². The third-order valence-electron chi connectivity index (χ3n) is 4.29. The number of hydrogen-bond donors (Lipinski definition) is 1. The summed E-state index contributed by atoms with van der Waals surface area (Å²) in [5.41, 5.74) is 3.86. The van der Waals surface area contributed by atoms with E-state index in [1.54, 1.807) is 22.7 Å². The van der Waals surface area contributed by atoms with Gasteiger partial charge in [0.25, 0.3) is 0 Å². The topological polar surface area (TPSA) is 63.4 Å². The van der Waals surface area contributed by atoms with Crippen LogP contribution in [0.4, 0.5) is 0 Å². The van der Waals surface area contributed by atoms with E-state index < -0.39 is 0 Å². The Kier molecular flexibility index (Phi) is 3.75. The fourth-order valence-electron chi connectivity index (χ4n) is 3.12. The van der Waals surface area contributed by atoms with Crippen LogP contribution < -0.4 is 0 Å². The zero-order valence-electron chi connectivity index (χ0n) is 14.3. The molecule has 0 aliphatic carbocycles. The number of rotatable bonds is 2. The quantitative estimate of drug-likeness (QED) is 0.296. The molecule has 0 radical (unpaired) electrons. The van der Waals surface area contributed by atoms with Crippen LogP contribution in [0.1, 0.15) is 23.6 Å². The van der Waals surface area contributed by atoms with Crippen molar-refractivity contribution in [3.8, 4) is 12.1 Å². The van der Waals surface area contributed by atoms with Crippen LogP contribution in [0.15, 0.2) is 23.3 Å². The lowest BCUT2D eigenvalue weighted by Crippen LogP contribution is -1.65. The molecule has 5 heterocycles. The number of nitriles is 2. The number of allylic oxidation sites excluding steroid dienone is 2. The van der Waals surface area contributed by atoms with Gasteiger partial charge in [0.1, 0.15) is 0 Å². The summed E-state index contributed by atoms with van der Waals surface area (Å²) in [6, 6.07) is 8.72. The summed E-state index contributed by atoms with van der Waals surface area (Å²) in [5.74, 6) is 0. The summed E-state index contributed by atoms with van der Waals surface area (Å²) in [6.07, 6.45) is 3.89. The summed E-state index contributed by atoms with van der Waals surface area (Å²) in [5, 5.41) is 18.0. The number of thiophene rings is 4. The van der Waals surface area contributed by atoms with Crippen molar-refractivity contribution in [3.63, 3.8) is 0 Å². The minimum absolute atomic E-state index is 0.723. The van der Waals surface area contributed by atoms with Crippen molar-refractivity contribution in [1.29, 1.82) is 10.5 Å². The molecular formula is C20H11N3S4. The molecule has 5 rings (SSSR count). The molecule has 0 aromatic carbocycles. The highest BCUT2D eigenvalue weighted by Gasteiger charge is 2.19. The second-order valence-electron chi connectivity index (χ2n) is 6.30. The van der Waals surface area contributed by atoms with Crippen LogP contribution in [-0.2, 0) is 0 Å². The minimum atomic E-state index is 0.723. The van der Waals surface area contributed by atoms with E-state index in [1.165, 1.54) is 39.2 Å². The Labute approximate surface area is 170 Å². The third kappa shape index (κ3) is 2.55. The molecule has 0 saturated carbocycles. The first-order valence-electron chi connectivity index (χ1n) is 8.14. The van der Waals surface area contributed by atoms with Crippen LogP contribution in [-0.4, -0.2) is 4.98 Å². The third-order valence-corrected chi connectivity index (χ3v) is 9.19. The fourth-order valence-corrected chi connectivity index (χ4v) is 8.37. The molecule has 0 fully saturated rings. The van der Waals surface area contributed by atoms with Crippen LogP contribution in [0.2, 0.25) is 0 Å². The summed E-state index contributed by atoms with van der Waals surface area (Å²) in [4.78, 5) is 5.90. The van der Waals surface area contributed by atoms with Crippen LogP contribution in [0.5, 0.6) is 0 Å². The van der Waals surface area contributed by atoms with Crippen molar-refractivity contribution in [2.75, 3.05) is 0 Å². The maximum absolute atomic E-state index is 9.00. The average Bonchev–Trinajstić information content (AvgIpc) is 3.39. The van der Waals surface area contributed by atoms with Gasteiger partial charge in [0.15, 0.2) is 0 Å². The van der Waals surface area contributed by atoms with Gasteiger partial charge in [0.05, 0.1) is 42.0 Å².